The molecule has 0 amide bonds. The number of aromatic nitrogens is 3. The van der Waals surface area contributed by atoms with Gasteiger partial charge in [-0.05, 0) is 31.0 Å². The lowest BCUT2D eigenvalue weighted by Crippen LogP contribution is -2.43. The van der Waals surface area contributed by atoms with E-state index < -0.39 is 10.7 Å². The van der Waals surface area contributed by atoms with Gasteiger partial charge in [0.2, 0.25) is 5.75 Å². The van der Waals surface area contributed by atoms with E-state index >= 15 is 0 Å². The maximum atomic E-state index is 11.6. The van der Waals surface area contributed by atoms with Crippen molar-refractivity contribution in [1.29, 1.82) is 0 Å². The van der Waals surface area contributed by atoms with Gasteiger partial charge in [0.25, 0.3) is 0 Å². The number of rotatable bonds is 6. The molecule has 3 N–H and O–H groups in total. The summed E-state index contributed by atoms with van der Waals surface area (Å²) in [6.07, 6.45) is 2.70. The van der Waals surface area contributed by atoms with E-state index in [4.69, 9.17) is 5.10 Å². The summed E-state index contributed by atoms with van der Waals surface area (Å²) in [5, 5.41) is 35.0. The molecule has 2 aliphatic heterocycles. The van der Waals surface area contributed by atoms with Crippen molar-refractivity contribution in [3.63, 3.8) is 0 Å². The highest BCUT2D eigenvalue weighted by Gasteiger charge is 2.40. The van der Waals surface area contributed by atoms with Gasteiger partial charge < -0.3 is 20.6 Å². The molecule has 0 saturated carbocycles. The highest BCUT2D eigenvalue weighted by atomic mass is 16.6. The van der Waals surface area contributed by atoms with Gasteiger partial charge in [-0.25, -0.2) is 9.67 Å². The SMILES string of the molecule is C[C@H](Nc1cc(-n2nc(N3CC4CC3CN4)c3ccc([N+](=O)[O-])c(O)c32)ccn1)c1ccccc1. The van der Waals surface area contributed by atoms with Gasteiger partial charge in [-0.2, -0.15) is 0 Å². The highest BCUT2D eigenvalue weighted by molar-refractivity contribution is 5.98. The number of aromatic hydroxyl groups is 1. The second-order valence-electron chi connectivity index (χ2n) is 9.15. The minimum Gasteiger partial charge on any atom is -0.501 e. The number of pyridine rings is 1. The number of phenolic OH excluding ortho intramolecular Hbond substituents is 1. The molecule has 10 nitrogen and oxygen atoms in total. The van der Waals surface area contributed by atoms with Gasteiger partial charge in [0.05, 0.1) is 10.6 Å². The summed E-state index contributed by atoms with van der Waals surface area (Å²) in [5.41, 5.74) is 1.74. The van der Waals surface area contributed by atoms with Gasteiger partial charge in [-0.15, -0.1) is 5.10 Å². The van der Waals surface area contributed by atoms with Gasteiger partial charge in [-0.3, -0.25) is 10.1 Å². The van der Waals surface area contributed by atoms with E-state index in [9.17, 15) is 15.2 Å². The Hall–Kier alpha value is -4.18. The van der Waals surface area contributed by atoms with Crippen LogP contribution in [0.5, 0.6) is 5.75 Å². The maximum absolute atomic E-state index is 11.6. The van der Waals surface area contributed by atoms with Crippen molar-refractivity contribution in [1.82, 2.24) is 20.1 Å². The number of nitro groups is 1. The molecule has 4 aromatic rings. The number of nitro benzene ring substituents is 1. The summed E-state index contributed by atoms with van der Waals surface area (Å²) in [4.78, 5) is 17.7. The number of fused-ring (bicyclic) bond motifs is 3. The van der Waals surface area contributed by atoms with Crippen LogP contribution in [-0.4, -0.2) is 50.0 Å². The quantitative estimate of drug-likeness (QED) is 0.287. The molecule has 2 fully saturated rings. The highest BCUT2D eigenvalue weighted by Crippen LogP contribution is 2.42. The van der Waals surface area contributed by atoms with Gasteiger partial charge in [0.1, 0.15) is 11.3 Å². The molecule has 6 rings (SSSR count). The Bertz CT molecular complexity index is 1420. The summed E-state index contributed by atoms with van der Waals surface area (Å²) in [7, 11) is 0. The first-order valence-corrected chi connectivity index (χ1v) is 11.7. The predicted octanol–water partition coefficient (Wildman–Crippen LogP) is 3.76. The number of nitrogens with zero attached hydrogens (tertiary/aromatic N) is 5. The lowest BCUT2D eigenvalue weighted by atomic mass is 10.1. The van der Waals surface area contributed by atoms with E-state index in [0.29, 0.717) is 34.5 Å². The fraction of sp³-hybridized carbons (Fsp3) is 0.280. The van der Waals surface area contributed by atoms with Crippen molar-refractivity contribution in [3.8, 4) is 11.4 Å². The molecule has 178 valence electrons. The smallest absolute Gasteiger partial charge is 0.313 e. The first-order valence-electron chi connectivity index (χ1n) is 11.7. The predicted molar refractivity (Wildman–Crippen MR) is 133 cm³/mol. The average molecular weight is 472 g/mol. The Morgan fingerprint density at radius 3 is 2.77 bits per heavy atom. The molecule has 10 heteroatoms. The topological polar surface area (TPSA) is 121 Å². The van der Waals surface area contributed by atoms with Crippen molar-refractivity contribution in [3.05, 3.63) is 76.5 Å². The molecule has 2 aromatic heterocycles. The largest absolute Gasteiger partial charge is 0.501 e. The van der Waals surface area contributed by atoms with Gasteiger partial charge in [-0.1, -0.05) is 30.3 Å². The fourth-order valence-corrected chi connectivity index (χ4v) is 5.21. The Kier molecular flexibility index (Phi) is 5.03. The molecule has 0 spiro atoms. The Morgan fingerprint density at radius 2 is 2.06 bits per heavy atom. The minimum absolute atomic E-state index is 0.0195. The second kappa shape index (κ2) is 8.24. The molecule has 35 heavy (non-hydrogen) atoms. The molecule has 2 aromatic carbocycles. The molecule has 0 radical (unpaired) electrons. The van der Waals surface area contributed by atoms with Crippen LogP contribution in [0.15, 0.2) is 60.8 Å². The molecular formula is C25H25N7O3. The van der Waals surface area contributed by atoms with Crippen LogP contribution in [0, 0.1) is 10.1 Å². The van der Waals surface area contributed by atoms with Crippen molar-refractivity contribution < 1.29 is 10.0 Å². The summed E-state index contributed by atoms with van der Waals surface area (Å²) >= 11 is 0. The molecule has 2 unspecified atom stereocenters. The number of phenols is 1. The first-order chi connectivity index (χ1) is 17.0. The van der Waals surface area contributed by atoms with Gasteiger partial charge in [0, 0.05) is 54.9 Å². The van der Waals surface area contributed by atoms with E-state index in [2.05, 4.69) is 27.4 Å². The van der Waals surface area contributed by atoms with Crippen LogP contribution >= 0.6 is 0 Å². The zero-order valence-corrected chi connectivity index (χ0v) is 19.1. The summed E-state index contributed by atoms with van der Waals surface area (Å²) in [6.45, 7) is 3.74. The third kappa shape index (κ3) is 3.62. The average Bonchev–Trinajstić information content (AvgIpc) is 3.59. The Balaban J connectivity index is 1.44. The summed E-state index contributed by atoms with van der Waals surface area (Å²) < 4.78 is 1.59. The van der Waals surface area contributed by atoms with E-state index in [1.165, 1.54) is 6.07 Å². The Labute approximate surface area is 201 Å². The van der Waals surface area contributed by atoms with Crippen LogP contribution < -0.4 is 15.5 Å². The van der Waals surface area contributed by atoms with Crippen molar-refractivity contribution in [2.24, 2.45) is 0 Å². The van der Waals surface area contributed by atoms with E-state index in [-0.39, 0.29) is 11.7 Å². The zero-order chi connectivity index (χ0) is 24.1. The number of hydrogen-bond acceptors (Lipinski definition) is 8. The number of nitrogens with one attached hydrogen (secondary N) is 2. The molecule has 0 aliphatic carbocycles. The van der Waals surface area contributed by atoms with Crippen molar-refractivity contribution >= 4 is 28.2 Å². The van der Waals surface area contributed by atoms with E-state index in [1.807, 2.05) is 36.4 Å². The van der Waals surface area contributed by atoms with Crippen LogP contribution in [0.1, 0.15) is 24.9 Å². The van der Waals surface area contributed by atoms with Crippen LogP contribution in [-0.2, 0) is 0 Å². The van der Waals surface area contributed by atoms with Crippen LogP contribution in [0.2, 0.25) is 0 Å². The van der Waals surface area contributed by atoms with Crippen LogP contribution in [0.4, 0.5) is 17.3 Å². The molecule has 3 atom stereocenters. The lowest BCUT2D eigenvalue weighted by Gasteiger charge is -2.27. The van der Waals surface area contributed by atoms with Crippen molar-refractivity contribution in [2.45, 2.75) is 31.5 Å². The molecule has 2 aliphatic rings. The number of hydrogen-bond donors (Lipinski definition) is 3. The van der Waals surface area contributed by atoms with Gasteiger partial charge in [0.15, 0.2) is 5.82 Å². The normalized spacial score (nSPS) is 19.9. The molecule has 4 heterocycles. The van der Waals surface area contributed by atoms with Gasteiger partial charge >= 0.3 is 5.69 Å². The molecule has 2 saturated heterocycles. The van der Waals surface area contributed by atoms with E-state index in [0.717, 1.165) is 30.9 Å². The molecule has 2 bridgehead atoms. The van der Waals surface area contributed by atoms with Crippen LogP contribution in [0.25, 0.3) is 16.6 Å². The monoisotopic (exact) mass is 471 g/mol. The molecular weight excluding hydrogens is 446 g/mol. The Morgan fingerprint density at radius 1 is 1.23 bits per heavy atom. The van der Waals surface area contributed by atoms with Crippen LogP contribution in [0.3, 0.4) is 0 Å². The summed E-state index contributed by atoms with van der Waals surface area (Å²) in [5.74, 6) is 0.972. The maximum Gasteiger partial charge on any atom is 0.313 e. The fourth-order valence-electron chi connectivity index (χ4n) is 5.21. The summed E-state index contributed by atoms with van der Waals surface area (Å²) in [6, 6.07) is 17.4. The van der Waals surface area contributed by atoms with E-state index in [1.54, 1.807) is 23.0 Å². The number of anilines is 2. The number of piperazine rings is 1. The zero-order valence-electron chi connectivity index (χ0n) is 19.1. The third-order valence-electron chi connectivity index (χ3n) is 6.95. The third-order valence-corrected chi connectivity index (χ3v) is 6.95. The number of benzene rings is 2. The first kappa shape index (κ1) is 21.4. The minimum atomic E-state index is -0.575. The standard InChI is InChI=1S/C25H25N7O3/c1-15(16-5-3-2-4-6-16)28-22-12-18(9-10-26-22)31-23-20(7-8-21(24(23)33)32(34)35)25(29-31)30-14-17-11-19(30)13-27-17/h2-10,12,15,17,19,27,33H,11,13-14H2,1H3,(H,26,28)/t15-,17?,19?/m0/s1. The van der Waals surface area contributed by atoms with Crippen molar-refractivity contribution in [2.75, 3.05) is 23.3 Å². The second-order valence-corrected chi connectivity index (χ2v) is 9.15. The lowest BCUT2D eigenvalue weighted by molar-refractivity contribution is -0.385.